The summed E-state index contributed by atoms with van der Waals surface area (Å²) in [5.74, 6) is -0.508. The van der Waals surface area contributed by atoms with Crippen LogP contribution in [0.25, 0.3) is 11.3 Å². The minimum atomic E-state index is -0.664. The number of aromatic nitrogens is 3. The molecule has 0 saturated heterocycles. The average molecular weight is 260 g/mol. The third-order valence-corrected chi connectivity index (χ3v) is 2.86. The number of hydrogen-bond donors (Lipinski definition) is 3. The van der Waals surface area contributed by atoms with E-state index in [1.54, 1.807) is 12.1 Å². The number of nitrogens with zero attached hydrogens (tertiary/aromatic N) is 2. The number of carbonyl (C=O) groups excluding carboxylic acids is 1. The van der Waals surface area contributed by atoms with Crippen molar-refractivity contribution in [2.45, 2.75) is 26.2 Å². The Morgan fingerprint density at radius 3 is 2.53 bits per heavy atom. The second-order valence-electron chi connectivity index (χ2n) is 5.37. The molecule has 2 aromatic rings. The number of aromatic hydroxyl groups is 1. The number of nitrogens with one attached hydrogen (secondary N) is 1. The smallest absolute Gasteiger partial charge is 0.271 e. The molecule has 1 aromatic heterocycles. The van der Waals surface area contributed by atoms with Crippen LogP contribution in [-0.4, -0.2) is 26.4 Å². The molecular formula is C13H16N4O2. The summed E-state index contributed by atoms with van der Waals surface area (Å²) < 4.78 is 0. The van der Waals surface area contributed by atoms with Crippen molar-refractivity contribution < 1.29 is 9.90 Å². The van der Waals surface area contributed by atoms with E-state index < -0.39 is 5.91 Å². The monoisotopic (exact) mass is 260 g/mol. The normalized spacial score (nSPS) is 11.5. The molecule has 1 heterocycles. The van der Waals surface area contributed by atoms with Crippen molar-refractivity contribution in [2.75, 3.05) is 0 Å². The Kier molecular flexibility index (Phi) is 3.01. The summed E-state index contributed by atoms with van der Waals surface area (Å²) in [4.78, 5) is 11.2. The minimum absolute atomic E-state index is 0.0582. The van der Waals surface area contributed by atoms with Gasteiger partial charge in [0.2, 0.25) is 0 Å². The molecule has 0 aliphatic heterocycles. The highest BCUT2D eigenvalue weighted by Crippen LogP contribution is 2.33. The Labute approximate surface area is 110 Å². The highest BCUT2D eigenvalue weighted by atomic mass is 16.3. The number of carbonyl (C=O) groups is 1. The van der Waals surface area contributed by atoms with Gasteiger partial charge in [-0.3, -0.25) is 4.79 Å². The molecule has 0 unspecified atom stereocenters. The fraction of sp³-hybridized carbons (Fsp3) is 0.308. The van der Waals surface area contributed by atoms with E-state index in [4.69, 9.17) is 5.73 Å². The van der Waals surface area contributed by atoms with Crippen LogP contribution in [0.1, 0.15) is 36.8 Å². The summed E-state index contributed by atoms with van der Waals surface area (Å²) in [6.45, 7) is 6.02. The van der Waals surface area contributed by atoms with Gasteiger partial charge in [-0.05, 0) is 17.0 Å². The molecule has 0 aliphatic rings. The summed E-state index contributed by atoms with van der Waals surface area (Å²) in [7, 11) is 0. The topological polar surface area (TPSA) is 105 Å². The lowest BCUT2D eigenvalue weighted by Gasteiger charge is -2.20. The van der Waals surface area contributed by atoms with Crippen molar-refractivity contribution >= 4 is 5.91 Å². The molecule has 0 saturated carbocycles. The molecule has 100 valence electrons. The van der Waals surface area contributed by atoms with Crippen molar-refractivity contribution in [1.82, 2.24) is 15.4 Å². The van der Waals surface area contributed by atoms with E-state index in [0.717, 1.165) is 5.56 Å². The first-order valence-corrected chi connectivity index (χ1v) is 5.85. The second kappa shape index (κ2) is 4.38. The van der Waals surface area contributed by atoms with Crippen molar-refractivity contribution in [3.05, 3.63) is 29.5 Å². The van der Waals surface area contributed by atoms with E-state index in [0.29, 0.717) is 11.3 Å². The van der Waals surface area contributed by atoms with Gasteiger partial charge in [-0.15, -0.1) is 0 Å². The van der Waals surface area contributed by atoms with Gasteiger partial charge in [0.25, 0.3) is 5.91 Å². The molecule has 0 bridgehead atoms. The van der Waals surface area contributed by atoms with Gasteiger partial charge in [-0.2, -0.15) is 15.4 Å². The second-order valence-corrected chi connectivity index (χ2v) is 5.37. The number of nitrogens with two attached hydrogens (primary N) is 1. The Morgan fingerprint density at radius 1 is 1.32 bits per heavy atom. The predicted octanol–water partition coefficient (Wildman–Crippen LogP) is 1.57. The van der Waals surface area contributed by atoms with Gasteiger partial charge in [-0.1, -0.05) is 32.9 Å². The Balaban J connectivity index is 2.51. The van der Waals surface area contributed by atoms with E-state index in [2.05, 4.69) is 15.4 Å². The lowest BCUT2D eigenvalue weighted by molar-refractivity contribution is 0.0996. The number of H-pyrrole nitrogens is 1. The van der Waals surface area contributed by atoms with Crippen LogP contribution in [0.4, 0.5) is 0 Å². The number of aromatic amines is 1. The van der Waals surface area contributed by atoms with Crippen LogP contribution in [0.3, 0.4) is 0 Å². The SMILES string of the molecule is CC(C)(C)c1ccc(-c2n[nH]nc2C(N)=O)cc1O. The minimum Gasteiger partial charge on any atom is -0.508 e. The summed E-state index contributed by atoms with van der Waals surface area (Å²) in [6.07, 6.45) is 0. The van der Waals surface area contributed by atoms with Gasteiger partial charge in [0.1, 0.15) is 11.4 Å². The molecule has 0 fully saturated rings. The van der Waals surface area contributed by atoms with E-state index >= 15 is 0 Å². The molecule has 6 nitrogen and oxygen atoms in total. The fourth-order valence-corrected chi connectivity index (χ4v) is 1.92. The van der Waals surface area contributed by atoms with Crippen LogP contribution in [0.15, 0.2) is 18.2 Å². The number of phenols is 1. The number of primary amides is 1. The largest absolute Gasteiger partial charge is 0.508 e. The standard InChI is InChI=1S/C13H16N4O2/c1-13(2,3)8-5-4-7(6-9(8)18)10-11(12(14)19)16-17-15-10/h4-6,18H,1-3H3,(H2,14,19)(H,15,16,17). The maximum atomic E-state index is 11.2. The zero-order valence-electron chi connectivity index (χ0n) is 11.1. The number of amides is 1. The summed E-state index contributed by atoms with van der Waals surface area (Å²) in [5.41, 5.74) is 6.85. The maximum absolute atomic E-state index is 11.2. The average Bonchev–Trinajstić information content (AvgIpc) is 2.75. The van der Waals surface area contributed by atoms with Crippen molar-refractivity contribution in [3.8, 4) is 17.0 Å². The third kappa shape index (κ3) is 2.42. The first-order valence-electron chi connectivity index (χ1n) is 5.85. The molecule has 0 spiro atoms. The van der Waals surface area contributed by atoms with Crippen LogP contribution < -0.4 is 5.73 Å². The Morgan fingerprint density at radius 2 is 2.00 bits per heavy atom. The molecule has 0 radical (unpaired) electrons. The summed E-state index contributed by atoms with van der Waals surface area (Å²) in [6, 6.07) is 5.15. The molecule has 4 N–H and O–H groups in total. The lowest BCUT2D eigenvalue weighted by atomic mass is 9.85. The van der Waals surface area contributed by atoms with Crippen LogP contribution in [0.2, 0.25) is 0 Å². The zero-order valence-corrected chi connectivity index (χ0v) is 11.1. The number of rotatable bonds is 2. The van der Waals surface area contributed by atoms with Gasteiger partial charge in [0, 0.05) is 5.56 Å². The van der Waals surface area contributed by atoms with Gasteiger partial charge in [-0.25, -0.2) is 0 Å². The van der Waals surface area contributed by atoms with Crippen molar-refractivity contribution in [3.63, 3.8) is 0 Å². The lowest BCUT2D eigenvalue weighted by Crippen LogP contribution is -2.13. The van der Waals surface area contributed by atoms with Crippen LogP contribution in [0.5, 0.6) is 5.75 Å². The molecule has 0 aliphatic carbocycles. The first kappa shape index (κ1) is 13.1. The van der Waals surface area contributed by atoms with Crippen LogP contribution in [-0.2, 0) is 5.41 Å². The third-order valence-electron chi connectivity index (χ3n) is 2.86. The van der Waals surface area contributed by atoms with Gasteiger partial charge < -0.3 is 10.8 Å². The van der Waals surface area contributed by atoms with Crippen LogP contribution >= 0.6 is 0 Å². The Bertz CT molecular complexity index is 626. The molecular weight excluding hydrogens is 244 g/mol. The summed E-state index contributed by atoms with van der Waals surface area (Å²) >= 11 is 0. The molecule has 6 heteroatoms. The molecule has 0 atom stereocenters. The van der Waals surface area contributed by atoms with E-state index in [1.807, 2.05) is 26.8 Å². The van der Waals surface area contributed by atoms with Gasteiger partial charge in [0.15, 0.2) is 5.69 Å². The fourth-order valence-electron chi connectivity index (χ4n) is 1.92. The van der Waals surface area contributed by atoms with Crippen molar-refractivity contribution in [1.29, 1.82) is 0 Å². The van der Waals surface area contributed by atoms with Crippen LogP contribution in [0, 0.1) is 0 Å². The summed E-state index contributed by atoms with van der Waals surface area (Å²) in [5, 5.41) is 20.0. The number of hydrogen-bond acceptors (Lipinski definition) is 4. The first-order chi connectivity index (χ1) is 8.80. The maximum Gasteiger partial charge on any atom is 0.271 e. The van der Waals surface area contributed by atoms with E-state index in [9.17, 15) is 9.90 Å². The predicted molar refractivity (Wildman–Crippen MR) is 70.7 cm³/mol. The number of phenolic OH excluding ortho intramolecular Hbond substituents is 1. The highest BCUT2D eigenvalue weighted by Gasteiger charge is 2.20. The van der Waals surface area contributed by atoms with E-state index in [1.165, 1.54) is 0 Å². The van der Waals surface area contributed by atoms with Gasteiger partial charge >= 0.3 is 0 Å². The quantitative estimate of drug-likeness (QED) is 0.762. The van der Waals surface area contributed by atoms with Crippen molar-refractivity contribution in [2.24, 2.45) is 5.73 Å². The molecule has 1 aromatic carbocycles. The molecule has 19 heavy (non-hydrogen) atoms. The van der Waals surface area contributed by atoms with E-state index in [-0.39, 0.29) is 16.9 Å². The number of benzene rings is 1. The zero-order chi connectivity index (χ0) is 14.2. The highest BCUT2D eigenvalue weighted by molar-refractivity contribution is 5.96. The Hall–Kier alpha value is -2.37. The van der Waals surface area contributed by atoms with Gasteiger partial charge in [0.05, 0.1) is 0 Å². The molecule has 2 rings (SSSR count). The molecule has 1 amide bonds.